The van der Waals surface area contributed by atoms with E-state index < -0.39 is 9.84 Å². The molecule has 1 aliphatic heterocycles. The van der Waals surface area contributed by atoms with Crippen LogP contribution in [0.1, 0.15) is 11.3 Å². The summed E-state index contributed by atoms with van der Waals surface area (Å²) in [4.78, 5) is 8.17. The van der Waals surface area contributed by atoms with E-state index in [2.05, 4.69) is 16.0 Å². The van der Waals surface area contributed by atoms with Gasteiger partial charge in [-0.1, -0.05) is 36.4 Å². The van der Waals surface area contributed by atoms with Gasteiger partial charge >= 0.3 is 0 Å². The molecule has 0 bridgehead atoms. The third kappa shape index (κ3) is 2.47. The number of para-hydroxylation sites is 1. The average molecular weight is 324 g/mol. The summed E-state index contributed by atoms with van der Waals surface area (Å²) in [6, 6.07) is 16.6. The largest absolute Gasteiger partial charge is 0.353 e. The summed E-state index contributed by atoms with van der Waals surface area (Å²) in [5.74, 6) is -0.0726. The number of aromatic amines is 1. The van der Waals surface area contributed by atoms with Crippen molar-refractivity contribution in [3.63, 3.8) is 0 Å². The SMILES string of the molecule is O=S(=O)(CC1=NCCc2c1[nH]c1ccccc21)c1ccccc1. The van der Waals surface area contributed by atoms with E-state index in [1.165, 1.54) is 5.56 Å². The Balaban J connectivity index is 1.76. The van der Waals surface area contributed by atoms with Gasteiger partial charge in [-0.2, -0.15) is 0 Å². The van der Waals surface area contributed by atoms with E-state index in [1.807, 2.05) is 24.3 Å². The molecule has 1 aliphatic rings. The zero-order valence-electron chi connectivity index (χ0n) is 12.5. The molecular formula is C18H16N2O2S. The Morgan fingerprint density at radius 1 is 1.00 bits per heavy atom. The van der Waals surface area contributed by atoms with Crippen molar-refractivity contribution in [2.45, 2.75) is 11.3 Å². The molecule has 2 heterocycles. The molecule has 116 valence electrons. The number of hydrogen-bond acceptors (Lipinski definition) is 3. The highest BCUT2D eigenvalue weighted by Gasteiger charge is 2.24. The number of aliphatic imine (C=N–C) groups is 1. The first kappa shape index (κ1) is 14.2. The Kier molecular flexibility index (Phi) is 3.31. The van der Waals surface area contributed by atoms with Gasteiger partial charge in [-0.05, 0) is 30.2 Å². The first-order valence-electron chi connectivity index (χ1n) is 7.56. The van der Waals surface area contributed by atoms with Gasteiger partial charge in [-0.25, -0.2) is 8.42 Å². The second kappa shape index (κ2) is 5.35. The maximum absolute atomic E-state index is 12.6. The third-order valence-electron chi connectivity index (χ3n) is 4.20. The van der Waals surface area contributed by atoms with Crippen LogP contribution in [-0.2, 0) is 16.3 Å². The number of fused-ring (bicyclic) bond motifs is 3. The van der Waals surface area contributed by atoms with Gasteiger partial charge in [0.05, 0.1) is 22.1 Å². The smallest absolute Gasteiger partial charge is 0.184 e. The summed E-state index contributed by atoms with van der Waals surface area (Å²) >= 11 is 0. The highest BCUT2D eigenvalue weighted by Crippen LogP contribution is 2.27. The van der Waals surface area contributed by atoms with E-state index in [4.69, 9.17) is 0 Å². The molecule has 0 atom stereocenters. The number of benzene rings is 2. The minimum Gasteiger partial charge on any atom is -0.353 e. The van der Waals surface area contributed by atoms with Crippen molar-refractivity contribution >= 4 is 26.5 Å². The highest BCUT2D eigenvalue weighted by atomic mass is 32.2. The molecular weight excluding hydrogens is 308 g/mol. The van der Waals surface area contributed by atoms with Gasteiger partial charge in [-0.15, -0.1) is 0 Å². The molecule has 1 aromatic heterocycles. The van der Waals surface area contributed by atoms with Crippen LogP contribution in [0.4, 0.5) is 0 Å². The standard InChI is InChI=1S/C18H16N2O2S/c21-23(22,13-6-2-1-3-7-13)12-17-18-15(10-11-19-17)14-8-4-5-9-16(14)20-18/h1-9,20H,10-12H2. The van der Waals surface area contributed by atoms with Crippen LogP contribution < -0.4 is 0 Å². The Labute approximate surface area is 134 Å². The number of rotatable bonds is 3. The summed E-state index contributed by atoms with van der Waals surface area (Å²) in [5.41, 5.74) is 3.71. The molecule has 4 rings (SSSR count). The summed E-state index contributed by atoms with van der Waals surface area (Å²) < 4.78 is 25.3. The van der Waals surface area contributed by atoms with Crippen molar-refractivity contribution < 1.29 is 8.42 Å². The van der Waals surface area contributed by atoms with Crippen LogP contribution in [-0.4, -0.2) is 31.4 Å². The van der Waals surface area contributed by atoms with E-state index in [0.717, 1.165) is 23.0 Å². The van der Waals surface area contributed by atoms with E-state index >= 15 is 0 Å². The van der Waals surface area contributed by atoms with Gasteiger partial charge in [-0.3, -0.25) is 4.99 Å². The van der Waals surface area contributed by atoms with Gasteiger partial charge in [0.25, 0.3) is 0 Å². The Bertz CT molecular complexity index is 1000. The van der Waals surface area contributed by atoms with Crippen molar-refractivity contribution in [1.82, 2.24) is 4.98 Å². The van der Waals surface area contributed by atoms with Gasteiger partial charge in [0.2, 0.25) is 0 Å². The van der Waals surface area contributed by atoms with Crippen LogP contribution in [0.3, 0.4) is 0 Å². The average Bonchev–Trinajstić information content (AvgIpc) is 2.95. The lowest BCUT2D eigenvalue weighted by molar-refractivity contribution is 0.599. The van der Waals surface area contributed by atoms with Crippen LogP contribution in [0, 0.1) is 0 Å². The lowest BCUT2D eigenvalue weighted by Gasteiger charge is -2.13. The Hall–Kier alpha value is -2.40. The molecule has 4 nitrogen and oxygen atoms in total. The molecule has 23 heavy (non-hydrogen) atoms. The van der Waals surface area contributed by atoms with Crippen molar-refractivity contribution in [2.75, 3.05) is 12.3 Å². The van der Waals surface area contributed by atoms with Crippen LogP contribution in [0.5, 0.6) is 0 Å². The summed E-state index contributed by atoms with van der Waals surface area (Å²) in [5, 5.41) is 1.16. The summed E-state index contributed by atoms with van der Waals surface area (Å²) in [6.45, 7) is 0.633. The molecule has 0 radical (unpaired) electrons. The molecule has 0 unspecified atom stereocenters. The number of nitrogens with zero attached hydrogens (tertiary/aromatic N) is 1. The predicted molar refractivity (Wildman–Crippen MR) is 91.9 cm³/mol. The maximum Gasteiger partial charge on any atom is 0.184 e. The predicted octanol–water partition coefficient (Wildman–Crippen LogP) is 2.99. The van der Waals surface area contributed by atoms with Crippen LogP contribution in [0.25, 0.3) is 10.9 Å². The number of sulfone groups is 1. The summed E-state index contributed by atoms with van der Waals surface area (Å²) in [6.07, 6.45) is 0.841. The van der Waals surface area contributed by atoms with E-state index in [0.29, 0.717) is 17.2 Å². The van der Waals surface area contributed by atoms with Crippen molar-refractivity contribution in [1.29, 1.82) is 0 Å². The molecule has 0 saturated heterocycles. The highest BCUT2D eigenvalue weighted by molar-refractivity contribution is 7.92. The van der Waals surface area contributed by atoms with Crippen LogP contribution in [0.15, 0.2) is 64.5 Å². The number of aromatic nitrogens is 1. The lowest BCUT2D eigenvalue weighted by Crippen LogP contribution is -2.22. The minimum absolute atomic E-state index is 0.0726. The molecule has 3 aromatic rings. The second-order valence-corrected chi connectivity index (χ2v) is 7.66. The van der Waals surface area contributed by atoms with Crippen molar-refractivity contribution in [2.24, 2.45) is 4.99 Å². The van der Waals surface area contributed by atoms with Crippen LogP contribution >= 0.6 is 0 Å². The normalized spacial score (nSPS) is 14.5. The monoisotopic (exact) mass is 324 g/mol. The zero-order chi connectivity index (χ0) is 15.9. The maximum atomic E-state index is 12.6. The van der Waals surface area contributed by atoms with Gasteiger partial charge < -0.3 is 4.98 Å². The fourth-order valence-corrected chi connectivity index (χ4v) is 4.43. The quantitative estimate of drug-likeness (QED) is 0.805. The molecule has 0 fully saturated rings. The van der Waals surface area contributed by atoms with Crippen molar-refractivity contribution in [3.8, 4) is 0 Å². The van der Waals surface area contributed by atoms with Crippen molar-refractivity contribution in [3.05, 3.63) is 65.9 Å². The molecule has 0 saturated carbocycles. The lowest BCUT2D eigenvalue weighted by atomic mass is 10.0. The first-order valence-corrected chi connectivity index (χ1v) is 9.21. The van der Waals surface area contributed by atoms with E-state index in [-0.39, 0.29) is 5.75 Å². The van der Waals surface area contributed by atoms with Crippen LogP contribution in [0.2, 0.25) is 0 Å². The van der Waals surface area contributed by atoms with Gasteiger partial charge in [0, 0.05) is 17.4 Å². The first-order chi connectivity index (χ1) is 11.1. The molecule has 2 aromatic carbocycles. The fourth-order valence-electron chi connectivity index (χ4n) is 3.10. The molecule has 0 spiro atoms. The van der Waals surface area contributed by atoms with E-state index in [1.54, 1.807) is 24.3 Å². The number of hydrogen-bond donors (Lipinski definition) is 1. The fraction of sp³-hybridized carbons (Fsp3) is 0.167. The second-order valence-electron chi connectivity index (χ2n) is 5.67. The number of H-pyrrole nitrogens is 1. The molecule has 5 heteroatoms. The van der Waals surface area contributed by atoms with Gasteiger partial charge in [0.1, 0.15) is 0 Å². The summed E-state index contributed by atoms with van der Waals surface area (Å²) in [7, 11) is -3.39. The minimum atomic E-state index is -3.39. The van der Waals surface area contributed by atoms with E-state index in [9.17, 15) is 8.42 Å². The third-order valence-corrected chi connectivity index (χ3v) is 5.84. The molecule has 0 aliphatic carbocycles. The molecule has 0 amide bonds. The Morgan fingerprint density at radius 2 is 1.74 bits per heavy atom. The van der Waals surface area contributed by atoms with Gasteiger partial charge in [0.15, 0.2) is 9.84 Å². The Morgan fingerprint density at radius 3 is 2.57 bits per heavy atom. The number of nitrogens with one attached hydrogen (secondary N) is 1. The zero-order valence-corrected chi connectivity index (χ0v) is 13.3. The molecule has 1 N–H and O–H groups in total. The topological polar surface area (TPSA) is 62.3 Å².